The van der Waals surface area contributed by atoms with E-state index < -0.39 is 0 Å². The lowest BCUT2D eigenvalue weighted by Crippen LogP contribution is -1.97. The van der Waals surface area contributed by atoms with Gasteiger partial charge in [-0.15, -0.1) is 0 Å². The average molecular weight is 404 g/mol. The fraction of sp³-hybridized carbons (Fsp3) is 0.143. The maximum absolute atomic E-state index is 4.91. The zero-order valence-corrected chi connectivity index (χ0v) is 18.2. The summed E-state index contributed by atoms with van der Waals surface area (Å²) in [5, 5.41) is 4.33. The third kappa shape index (κ3) is 4.34. The number of anilines is 1. The van der Waals surface area contributed by atoms with Crippen molar-refractivity contribution in [3.63, 3.8) is 0 Å². The van der Waals surface area contributed by atoms with Gasteiger partial charge in [0.05, 0.1) is 11.2 Å². The molecule has 0 radical (unpaired) electrons. The molecule has 0 unspecified atom stereocenters. The molecule has 31 heavy (non-hydrogen) atoms. The van der Waals surface area contributed by atoms with Gasteiger partial charge in [-0.25, -0.2) is 4.98 Å². The third-order valence-electron chi connectivity index (χ3n) is 5.23. The molecule has 2 heterocycles. The first-order valence-corrected chi connectivity index (χ1v) is 10.4. The summed E-state index contributed by atoms with van der Waals surface area (Å²) in [5.74, 6) is 6.49. The molecular weight excluding hydrogens is 378 g/mol. The lowest BCUT2D eigenvalue weighted by atomic mass is 9.94. The first kappa shape index (κ1) is 20.4. The summed E-state index contributed by atoms with van der Waals surface area (Å²) in [6.45, 7) is 11.3. The van der Waals surface area contributed by atoms with Crippen molar-refractivity contribution < 1.29 is 0 Å². The number of pyridine rings is 2. The normalized spacial score (nSPS) is 10.4. The Labute approximate surface area is 183 Å². The second-order valence-electron chi connectivity index (χ2n) is 7.57. The van der Waals surface area contributed by atoms with Gasteiger partial charge in [0.25, 0.3) is 0 Å². The van der Waals surface area contributed by atoms with E-state index in [1.165, 1.54) is 0 Å². The van der Waals surface area contributed by atoms with E-state index in [-0.39, 0.29) is 0 Å². The minimum atomic E-state index is 0.910. The predicted molar refractivity (Wildman–Crippen MR) is 131 cm³/mol. The monoisotopic (exact) mass is 403 g/mol. The Bertz CT molecular complexity index is 1300. The molecular formula is C28H25N3. The molecule has 0 saturated carbocycles. The van der Waals surface area contributed by atoms with E-state index in [0.29, 0.717) is 0 Å². The second-order valence-corrected chi connectivity index (χ2v) is 7.57. The molecule has 1 N–H and O–H groups in total. The van der Waals surface area contributed by atoms with Gasteiger partial charge < -0.3 is 5.32 Å². The van der Waals surface area contributed by atoms with Crippen molar-refractivity contribution in [2.75, 3.05) is 11.9 Å². The smallest absolute Gasteiger partial charge is 0.0746 e. The molecule has 152 valence electrons. The highest BCUT2D eigenvalue weighted by Gasteiger charge is 2.13. The third-order valence-corrected chi connectivity index (χ3v) is 5.23. The zero-order chi connectivity index (χ0) is 21.8. The van der Waals surface area contributed by atoms with Crippen molar-refractivity contribution in [1.82, 2.24) is 9.97 Å². The van der Waals surface area contributed by atoms with Crippen molar-refractivity contribution >= 4 is 22.2 Å². The number of fused-ring (bicyclic) bond motifs is 1. The van der Waals surface area contributed by atoms with Crippen molar-refractivity contribution in [2.45, 2.75) is 20.8 Å². The Balaban J connectivity index is 1.65. The fourth-order valence-corrected chi connectivity index (χ4v) is 3.76. The van der Waals surface area contributed by atoms with Crippen LogP contribution in [0.1, 0.15) is 36.1 Å². The average Bonchev–Trinajstić information content (AvgIpc) is 2.78. The highest BCUT2D eigenvalue weighted by atomic mass is 14.8. The molecule has 0 aliphatic heterocycles. The number of allylic oxidation sites excluding steroid dienone is 1. The summed E-state index contributed by atoms with van der Waals surface area (Å²) in [6, 6.07) is 18.4. The van der Waals surface area contributed by atoms with Gasteiger partial charge in [0, 0.05) is 46.7 Å². The van der Waals surface area contributed by atoms with Crippen LogP contribution in [0.15, 0.2) is 73.6 Å². The minimum Gasteiger partial charge on any atom is -0.385 e. The van der Waals surface area contributed by atoms with E-state index in [4.69, 9.17) is 4.98 Å². The van der Waals surface area contributed by atoms with E-state index >= 15 is 0 Å². The van der Waals surface area contributed by atoms with Crippen LogP contribution in [-0.2, 0) is 0 Å². The first-order valence-electron chi connectivity index (χ1n) is 10.4. The van der Waals surface area contributed by atoms with E-state index in [9.17, 15) is 0 Å². The molecule has 0 bridgehead atoms. The Kier molecular flexibility index (Phi) is 5.82. The van der Waals surface area contributed by atoms with Crippen LogP contribution in [0, 0.1) is 18.8 Å². The van der Waals surface area contributed by atoms with Crippen LogP contribution in [-0.4, -0.2) is 16.5 Å². The number of aromatic nitrogens is 2. The number of benzene rings is 2. The van der Waals surface area contributed by atoms with Crippen LogP contribution < -0.4 is 5.32 Å². The molecule has 3 nitrogen and oxygen atoms in total. The quantitative estimate of drug-likeness (QED) is 0.397. The molecule has 4 aromatic rings. The molecule has 0 spiro atoms. The van der Waals surface area contributed by atoms with Gasteiger partial charge in [0.2, 0.25) is 0 Å². The summed E-state index contributed by atoms with van der Waals surface area (Å²) in [7, 11) is 0. The molecule has 3 heteroatoms. The molecule has 0 saturated heterocycles. The Morgan fingerprint density at radius 1 is 0.968 bits per heavy atom. The van der Waals surface area contributed by atoms with Gasteiger partial charge in [0.15, 0.2) is 0 Å². The van der Waals surface area contributed by atoms with Gasteiger partial charge in [-0.1, -0.05) is 30.6 Å². The van der Waals surface area contributed by atoms with Gasteiger partial charge in [0.1, 0.15) is 0 Å². The number of nitrogens with one attached hydrogen (secondary N) is 1. The van der Waals surface area contributed by atoms with Crippen molar-refractivity contribution in [2.24, 2.45) is 0 Å². The van der Waals surface area contributed by atoms with Gasteiger partial charge >= 0.3 is 0 Å². The number of hydrogen-bond donors (Lipinski definition) is 1. The lowest BCUT2D eigenvalue weighted by Gasteiger charge is -2.14. The second kappa shape index (κ2) is 8.85. The van der Waals surface area contributed by atoms with Crippen LogP contribution in [0.3, 0.4) is 0 Å². The predicted octanol–water partition coefficient (Wildman–Crippen LogP) is 6.47. The van der Waals surface area contributed by atoms with E-state index in [2.05, 4.69) is 66.8 Å². The summed E-state index contributed by atoms with van der Waals surface area (Å²) < 4.78 is 0. The molecule has 0 aliphatic carbocycles. The molecule has 0 aliphatic rings. The van der Waals surface area contributed by atoms with Crippen LogP contribution in [0.2, 0.25) is 0 Å². The SMILES string of the molecule is C=C(C)c1c(C)c(-c2ccc(C#Cc3ccc(NCC)cc3)cc2)nc2ccncc12. The summed E-state index contributed by atoms with van der Waals surface area (Å²) in [5.41, 5.74) is 9.31. The first-order chi connectivity index (χ1) is 15.1. The standard InChI is InChI=1S/C28H25N3/c1-5-30-24-14-10-22(11-15-24)7-6-21-8-12-23(13-9-21)28-20(4)27(19(2)3)25-18-29-17-16-26(25)31-28/h8-18,30H,2,5H2,1,3-4H3. The van der Waals surface area contributed by atoms with Crippen molar-refractivity contribution in [1.29, 1.82) is 0 Å². The molecule has 0 fully saturated rings. The Morgan fingerprint density at radius 3 is 2.23 bits per heavy atom. The Hall–Kier alpha value is -3.90. The van der Waals surface area contributed by atoms with Crippen LogP contribution in [0.4, 0.5) is 5.69 Å². The van der Waals surface area contributed by atoms with E-state index in [1.54, 1.807) is 6.20 Å². The van der Waals surface area contributed by atoms with Crippen molar-refractivity contribution in [3.05, 3.63) is 95.8 Å². The molecule has 2 aromatic heterocycles. The van der Waals surface area contributed by atoms with Crippen LogP contribution in [0.5, 0.6) is 0 Å². The van der Waals surface area contributed by atoms with Gasteiger partial charge in [-0.3, -0.25) is 4.98 Å². The number of nitrogens with zero attached hydrogens (tertiary/aromatic N) is 2. The Morgan fingerprint density at radius 2 is 1.61 bits per heavy atom. The summed E-state index contributed by atoms with van der Waals surface area (Å²) >= 11 is 0. The van der Waals surface area contributed by atoms with E-state index in [0.717, 1.165) is 62.2 Å². The highest BCUT2D eigenvalue weighted by molar-refractivity contribution is 5.94. The van der Waals surface area contributed by atoms with Crippen LogP contribution in [0.25, 0.3) is 27.7 Å². The largest absolute Gasteiger partial charge is 0.385 e. The minimum absolute atomic E-state index is 0.910. The van der Waals surface area contributed by atoms with Gasteiger partial charge in [-0.2, -0.15) is 0 Å². The van der Waals surface area contributed by atoms with Crippen LogP contribution >= 0.6 is 0 Å². The zero-order valence-electron chi connectivity index (χ0n) is 18.2. The molecule has 0 amide bonds. The summed E-state index contributed by atoms with van der Waals surface area (Å²) in [4.78, 5) is 9.18. The lowest BCUT2D eigenvalue weighted by molar-refractivity contribution is 1.21. The fourth-order valence-electron chi connectivity index (χ4n) is 3.76. The highest BCUT2D eigenvalue weighted by Crippen LogP contribution is 2.32. The number of hydrogen-bond acceptors (Lipinski definition) is 3. The maximum atomic E-state index is 4.91. The molecule has 0 atom stereocenters. The molecule has 2 aromatic carbocycles. The van der Waals surface area contributed by atoms with Crippen molar-refractivity contribution in [3.8, 4) is 23.1 Å². The van der Waals surface area contributed by atoms with E-state index in [1.807, 2.05) is 43.5 Å². The van der Waals surface area contributed by atoms with Gasteiger partial charge in [-0.05, 0) is 79.9 Å². The summed E-state index contributed by atoms with van der Waals surface area (Å²) in [6.07, 6.45) is 3.65. The maximum Gasteiger partial charge on any atom is 0.0746 e. The topological polar surface area (TPSA) is 37.8 Å². The number of rotatable bonds is 4. The molecule has 4 rings (SSSR count).